The van der Waals surface area contributed by atoms with E-state index in [4.69, 9.17) is 9.73 Å². The molecular weight excluding hydrogens is 563 g/mol. The summed E-state index contributed by atoms with van der Waals surface area (Å²) in [6.45, 7) is 12.6. The number of likely N-dealkylation sites (tertiary alicyclic amines) is 1. The summed E-state index contributed by atoms with van der Waals surface area (Å²) in [5.74, 6) is -1.56. The largest absolute Gasteiger partial charge is 0.364 e. The molecule has 3 heterocycles. The molecular formula is C35H42F3N5O. The molecule has 0 radical (unpaired) electrons. The molecule has 0 aliphatic carbocycles. The second kappa shape index (κ2) is 13.4. The van der Waals surface area contributed by atoms with Gasteiger partial charge < -0.3 is 15.0 Å². The minimum Gasteiger partial charge on any atom is -0.364 e. The van der Waals surface area contributed by atoms with Crippen molar-refractivity contribution in [1.82, 2.24) is 15.1 Å². The van der Waals surface area contributed by atoms with E-state index in [1.807, 2.05) is 13.0 Å². The third-order valence-corrected chi connectivity index (χ3v) is 9.47. The lowest BCUT2D eigenvalue weighted by molar-refractivity contribution is 0.137. The number of nitrogens with one attached hydrogen (secondary N) is 1. The smallest absolute Gasteiger partial charge is 0.166 e. The maximum Gasteiger partial charge on any atom is 0.166 e. The quantitative estimate of drug-likeness (QED) is 0.163. The average Bonchev–Trinajstić information content (AvgIpc) is 3.59. The summed E-state index contributed by atoms with van der Waals surface area (Å²) in [7, 11) is 0. The molecule has 0 saturated carbocycles. The van der Waals surface area contributed by atoms with Crippen molar-refractivity contribution < 1.29 is 17.9 Å². The fraction of sp³-hybridized carbons (Fsp3) is 0.486. The van der Waals surface area contributed by atoms with Crippen LogP contribution in [0, 0.1) is 24.4 Å². The van der Waals surface area contributed by atoms with Gasteiger partial charge >= 0.3 is 0 Å². The minimum atomic E-state index is -0.920. The lowest BCUT2D eigenvalue weighted by Crippen LogP contribution is -2.53. The Labute approximate surface area is 258 Å². The summed E-state index contributed by atoms with van der Waals surface area (Å²) in [6, 6.07) is 11.1. The summed E-state index contributed by atoms with van der Waals surface area (Å²) in [4.78, 5) is 13.9. The van der Waals surface area contributed by atoms with Gasteiger partial charge in [-0.15, -0.1) is 0 Å². The van der Waals surface area contributed by atoms with E-state index in [2.05, 4.69) is 33.8 Å². The minimum absolute atomic E-state index is 0.100. The van der Waals surface area contributed by atoms with Crippen LogP contribution in [0.1, 0.15) is 61.3 Å². The molecule has 3 aliphatic rings. The Morgan fingerprint density at radius 1 is 1.05 bits per heavy atom. The first kappa shape index (κ1) is 30.7. The van der Waals surface area contributed by atoms with Crippen molar-refractivity contribution in [1.29, 1.82) is 0 Å². The van der Waals surface area contributed by atoms with Crippen molar-refractivity contribution in [3.05, 3.63) is 76.1 Å². The molecule has 1 N–H and O–H groups in total. The first-order chi connectivity index (χ1) is 21.3. The molecule has 3 fully saturated rings. The third-order valence-electron chi connectivity index (χ3n) is 9.47. The van der Waals surface area contributed by atoms with Crippen molar-refractivity contribution in [2.24, 2.45) is 9.98 Å². The van der Waals surface area contributed by atoms with E-state index in [0.29, 0.717) is 59.0 Å². The summed E-state index contributed by atoms with van der Waals surface area (Å²) >= 11 is 0. The van der Waals surface area contributed by atoms with E-state index >= 15 is 4.39 Å². The number of rotatable bonds is 10. The van der Waals surface area contributed by atoms with E-state index in [0.717, 1.165) is 70.2 Å². The molecule has 3 aromatic rings. The predicted octanol–water partition coefficient (Wildman–Crippen LogP) is 6.52. The number of aryl methyl sites for hydroxylation is 1. The van der Waals surface area contributed by atoms with Crippen LogP contribution in [0.2, 0.25) is 0 Å². The maximum atomic E-state index is 16.4. The van der Waals surface area contributed by atoms with Crippen LogP contribution in [-0.2, 0) is 11.2 Å². The fourth-order valence-electron chi connectivity index (χ4n) is 7.04. The highest BCUT2D eigenvalue weighted by Crippen LogP contribution is 2.35. The number of hydrogen-bond acceptors (Lipinski definition) is 5. The van der Waals surface area contributed by atoms with E-state index in [9.17, 15) is 8.78 Å². The number of halogens is 3. The number of piperazine rings is 1. The molecule has 3 aromatic carbocycles. The van der Waals surface area contributed by atoms with Gasteiger partial charge in [0.2, 0.25) is 0 Å². The lowest BCUT2D eigenvalue weighted by Gasteiger charge is -2.36. The Morgan fingerprint density at radius 3 is 2.57 bits per heavy atom. The van der Waals surface area contributed by atoms with Gasteiger partial charge in [-0.05, 0) is 80.5 Å². The summed E-state index contributed by atoms with van der Waals surface area (Å²) < 4.78 is 51.1. The third kappa shape index (κ3) is 6.28. The van der Waals surface area contributed by atoms with E-state index in [1.54, 1.807) is 24.3 Å². The van der Waals surface area contributed by atoms with Gasteiger partial charge in [-0.25, -0.2) is 13.2 Å². The molecule has 3 unspecified atom stereocenters. The highest BCUT2D eigenvalue weighted by atomic mass is 19.2. The number of ether oxygens (including phenoxy) is 1. The molecule has 44 heavy (non-hydrogen) atoms. The van der Waals surface area contributed by atoms with Crippen molar-refractivity contribution in [2.75, 3.05) is 39.5 Å². The van der Waals surface area contributed by atoms with Gasteiger partial charge in [-0.1, -0.05) is 30.7 Å². The monoisotopic (exact) mass is 605 g/mol. The van der Waals surface area contributed by atoms with Crippen molar-refractivity contribution in [3.8, 4) is 0 Å². The average molecular weight is 606 g/mol. The van der Waals surface area contributed by atoms with Crippen LogP contribution >= 0.6 is 0 Å². The highest BCUT2D eigenvalue weighted by molar-refractivity contribution is 6.04. The zero-order chi connectivity index (χ0) is 30.8. The second-order valence-corrected chi connectivity index (χ2v) is 12.6. The number of nitrogens with zero attached hydrogens (tertiary/aromatic N) is 4. The van der Waals surface area contributed by atoms with Crippen LogP contribution in [0.3, 0.4) is 0 Å². The number of amidine groups is 1. The van der Waals surface area contributed by atoms with Crippen LogP contribution in [-0.4, -0.2) is 80.0 Å². The standard InChI is InChI=1S/C35H42F3N5O/c1-22-16-29(34(39-3)32(37)28(22)17-25-9-7-8-24-10-13-30(36)33(38)31(24)25)35(43-18-26-11-12-27(19-43)41-26)40-14-5-4-6-15-42-21-44-20-23(42)2/h7-10,13,16,23,26-27,41H,3-6,11-12,14-15,17-21H2,1-2H3/b40-35+. The van der Waals surface area contributed by atoms with Gasteiger partial charge in [0.1, 0.15) is 11.5 Å². The van der Waals surface area contributed by atoms with E-state index in [-0.39, 0.29) is 17.5 Å². The number of unbranched alkanes of at least 4 members (excludes halogenated alkanes) is 2. The van der Waals surface area contributed by atoms with Crippen LogP contribution in [0.5, 0.6) is 0 Å². The van der Waals surface area contributed by atoms with Crippen LogP contribution in [0.25, 0.3) is 10.8 Å². The molecule has 3 atom stereocenters. The molecule has 6 nitrogen and oxygen atoms in total. The Morgan fingerprint density at radius 2 is 1.84 bits per heavy atom. The van der Waals surface area contributed by atoms with Crippen LogP contribution in [0.15, 0.2) is 46.4 Å². The molecule has 2 bridgehead atoms. The highest BCUT2D eigenvalue weighted by Gasteiger charge is 2.35. The first-order valence-corrected chi connectivity index (χ1v) is 15.9. The lowest BCUT2D eigenvalue weighted by atomic mass is 9.92. The fourth-order valence-corrected chi connectivity index (χ4v) is 7.04. The summed E-state index contributed by atoms with van der Waals surface area (Å²) in [6.07, 6.45) is 5.40. The number of aliphatic imine (C=N–C) groups is 2. The molecule has 9 heteroatoms. The van der Waals surface area contributed by atoms with Crippen molar-refractivity contribution in [3.63, 3.8) is 0 Å². The van der Waals surface area contributed by atoms with Gasteiger partial charge in [0.15, 0.2) is 17.5 Å². The van der Waals surface area contributed by atoms with Crippen molar-refractivity contribution in [2.45, 2.75) is 70.5 Å². The zero-order valence-electron chi connectivity index (χ0n) is 25.7. The number of hydrogen-bond donors (Lipinski definition) is 1. The SMILES string of the molecule is C=Nc1c(/C(=N\CCCCCN2COCC2C)N2CC3CCC(C2)N3)cc(C)c(Cc2cccc3ccc(F)c(F)c23)c1F. The van der Waals surface area contributed by atoms with E-state index < -0.39 is 17.5 Å². The van der Waals surface area contributed by atoms with Crippen LogP contribution in [0.4, 0.5) is 18.9 Å². The Hall–Kier alpha value is -3.27. The summed E-state index contributed by atoms with van der Waals surface area (Å²) in [5.41, 5.74) is 2.42. The topological polar surface area (TPSA) is 52.5 Å². The normalized spacial score (nSPS) is 22.3. The molecule has 234 valence electrons. The van der Waals surface area contributed by atoms with Gasteiger partial charge in [-0.2, -0.15) is 0 Å². The first-order valence-electron chi connectivity index (χ1n) is 15.9. The molecule has 0 aromatic heterocycles. The number of benzene rings is 3. The predicted molar refractivity (Wildman–Crippen MR) is 171 cm³/mol. The maximum absolute atomic E-state index is 16.4. The zero-order valence-corrected chi connectivity index (χ0v) is 25.7. The van der Waals surface area contributed by atoms with Gasteiger partial charge in [0.25, 0.3) is 0 Å². The molecule has 3 aliphatic heterocycles. The second-order valence-electron chi connectivity index (χ2n) is 12.6. The van der Waals surface area contributed by atoms with Gasteiger partial charge in [0, 0.05) is 61.7 Å². The van der Waals surface area contributed by atoms with Crippen molar-refractivity contribution >= 4 is 29.0 Å². The molecule has 6 rings (SSSR count). The molecule has 0 amide bonds. The van der Waals surface area contributed by atoms with Gasteiger partial charge in [0.05, 0.1) is 13.3 Å². The Kier molecular flexibility index (Phi) is 9.35. The van der Waals surface area contributed by atoms with Crippen LogP contribution < -0.4 is 5.32 Å². The molecule has 3 saturated heterocycles. The van der Waals surface area contributed by atoms with E-state index in [1.165, 1.54) is 0 Å². The Balaban J connectivity index is 1.28. The van der Waals surface area contributed by atoms with Gasteiger partial charge in [-0.3, -0.25) is 14.9 Å². The number of fused-ring (bicyclic) bond motifs is 3. The molecule has 0 spiro atoms. The summed E-state index contributed by atoms with van der Waals surface area (Å²) in [5, 5.41) is 4.42. The Bertz CT molecular complexity index is 1550.